The Morgan fingerprint density at radius 2 is 1.81 bits per heavy atom. The number of fused-ring (bicyclic) bond motifs is 4. The van der Waals surface area contributed by atoms with E-state index in [1.807, 2.05) is 42.5 Å². The SMILES string of the molecule is O=C(Nc1ccc2nc(N3CC4CCC3CC4)ccc2c1)[C@@H]1C[C@@H]1c1ccc(Cl)cc1. The molecule has 3 heterocycles. The molecule has 2 saturated heterocycles. The lowest BCUT2D eigenvalue weighted by atomic mass is 9.80. The molecule has 1 aromatic heterocycles. The van der Waals surface area contributed by atoms with Crippen LogP contribution in [0.2, 0.25) is 5.02 Å². The van der Waals surface area contributed by atoms with Crippen molar-refractivity contribution >= 4 is 39.9 Å². The van der Waals surface area contributed by atoms with Crippen molar-refractivity contribution in [1.82, 2.24) is 4.98 Å². The van der Waals surface area contributed by atoms with Crippen LogP contribution in [0.3, 0.4) is 0 Å². The zero-order valence-corrected chi connectivity index (χ0v) is 18.2. The lowest BCUT2D eigenvalue weighted by molar-refractivity contribution is -0.117. The molecule has 5 heteroatoms. The van der Waals surface area contributed by atoms with Crippen LogP contribution in [-0.2, 0) is 4.79 Å². The summed E-state index contributed by atoms with van der Waals surface area (Å²) in [4.78, 5) is 20.2. The van der Waals surface area contributed by atoms with Gasteiger partial charge in [-0.1, -0.05) is 23.7 Å². The molecule has 2 bridgehead atoms. The van der Waals surface area contributed by atoms with Crippen molar-refractivity contribution in [3.05, 3.63) is 65.2 Å². The molecule has 4 aliphatic rings. The van der Waals surface area contributed by atoms with Crippen LogP contribution in [0.5, 0.6) is 0 Å². The number of nitrogens with one attached hydrogen (secondary N) is 1. The van der Waals surface area contributed by atoms with Gasteiger partial charge in [0.05, 0.1) is 5.52 Å². The van der Waals surface area contributed by atoms with E-state index in [1.165, 1.54) is 31.2 Å². The maximum Gasteiger partial charge on any atom is 0.228 e. The molecule has 31 heavy (non-hydrogen) atoms. The standard InChI is InChI=1S/C26H26ClN3O/c27-19-6-3-17(4-7-19)22-14-23(22)26(31)28-20-8-11-24-18(13-20)5-12-25(29-24)30-15-16-1-9-21(30)10-2-16/h3-8,11-13,16,21-23H,1-2,9-10,14-15H2,(H,28,31)/t16?,21?,22-,23-/m1/s1. The number of benzene rings is 2. The van der Waals surface area contributed by atoms with Gasteiger partial charge >= 0.3 is 0 Å². The van der Waals surface area contributed by atoms with Gasteiger partial charge in [0.15, 0.2) is 0 Å². The quantitative estimate of drug-likeness (QED) is 0.550. The Balaban J connectivity index is 1.15. The molecule has 158 valence electrons. The molecule has 0 radical (unpaired) electrons. The lowest BCUT2D eigenvalue weighted by Gasteiger charge is -2.46. The third-order valence-corrected chi connectivity index (χ3v) is 7.63. The van der Waals surface area contributed by atoms with E-state index in [0.717, 1.165) is 46.3 Å². The second-order valence-electron chi connectivity index (χ2n) is 9.39. The second-order valence-corrected chi connectivity index (χ2v) is 9.83. The zero-order chi connectivity index (χ0) is 20.9. The van der Waals surface area contributed by atoms with Gasteiger partial charge in [-0.15, -0.1) is 0 Å². The molecular formula is C26H26ClN3O. The minimum atomic E-state index is 0.0342. The Bertz CT molecular complexity index is 1140. The van der Waals surface area contributed by atoms with Crippen LogP contribution >= 0.6 is 11.6 Å². The average Bonchev–Trinajstić information content (AvgIpc) is 3.61. The van der Waals surface area contributed by atoms with Gasteiger partial charge in [0.2, 0.25) is 5.91 Å². The van der Waals surface area contributed by atoms with E-state index in [0.29, 0.717) is 12.0 Å². The highest BCUT2D eigenvalue weighted by molar-refractivity contribution is 6.30. The monoisotopic (exact) mass is 431 g/mol. The Kier molecular flexibility index (Phi) is 4.64. The molecule has 2 atom stereocenters. The maximum atomic E-state index is 12.7. The normalized spacial score (nSPS) is 26.8. The first-order valence-electron chi connectivity index (χ1n) is 11.4. The summed E-state index contributed by atoms with van der Waals surface area (Å²) in [5.74, 6) is 2.35. The summed E-state index contributed by atoms with van der Waals surface area (Å²) < 4.78 is 0. The van der Waals surface area contributed by atoms with Crippen LogP contribution in [0.4, 0.5) is 11.5 Å². The molecule has 0 unspecified atom stereocenters. The van der Waals surface area contributed by atoms with E-state index in [2.05, 4.69) is 22.3 Å². The maximum absolute atomic E-state index is 12.7. The van der Waals surface area contributed by atoms with E-state index in [-0.39, 0.29) is 11.8 Å². The van der Waals surface area contributed by atoms with Gasteiger partial charge in [-0.2, -0.15) is 0 Å². The molecular weight excluding hydrogens is 406 g/mol. The van der Waals surface area contributed by atoms with E-state index in [4.69, 9.17) is 16.6 Å². The summed E-state index contributed by atoms with van der Waals surface area (Å²) in [5.41, 5.74) is 3.01. The summed E-state index contributed by atoms with van der Waals surface area (Å²) >= 11 is 5.97. The number of rotatable bonds is 4. The average molecular weight is 432 g/mol. The van der Waals surface area contributed by atoms with Crippen molar-refractivity contribution < 1.29 is 4.79 Å². The highest BCUT2D eigenvalue weighted by Gasteiger charge is 2.43. The van der Waals surface area contributed by atoms with Crippen LogP contribution in [0.25, 0.3) is 10.9 Å². The first-order chi connectivity index (χ1) is 15.1. The van der Waals surface area contributed by atoms with E-state index < -0.39 is 0 Å². The number of nitrogens with zero attached hydrogens (tertiary/aromatic N) is 2. The van der Waals surface area contributed by atoms with Crippen molar-refractivity contribution in [3.8, 4) is 0 Å². The third-order valence-electron chi connectivity index (χ3n) is 7.37. The van der Waals surface area contributed by atoms with Gasteiger partial charge in [0.1, 0.15) is 5.82 Å². The van der Waals surface area contributed by atoms with Crippen LogP contribution in [0.1, 0.15) is 43.6 Å². The number of pyridine rings is 1. The van der Waals surface area contributed by atoms with Crippen molar-refractivity contribution in [2.75, 3.05) is 16.8 Å². The molecule has 7 rings (SSSR count). The fourth-order valence-corrected chi connectivity index (χ4v) is 5.62. The number of carbonyl (C=O) groups excluding carboxylic acids is 1. The van der Waals surface area contributed by atoms with Crippen LogP contribution < -0.4 is 10.2 Å². The molecule has 2 aliphatic carbocycles. The minimum absolute atomic E-state index is 0.0342. The van der Waals surface area contributed by atoms with E-state index in [1.54, 1.807) is 0 Å². The first-order valence-corrected chi connectivity index (χ1v) is 11.8. The van der Waals surface area contributed by atoms with Crippen molar-refractivity contribution in [2.24, 2.45) is 11.8 Å². The van der Waals surface area contributed by atoms with E-state index in [9.17, 15) is 4.79 Å². The molecule has 1 amide bonds. The Morgan fingerprint density at radius 1 is 1.00 bits per heavy atom. The molecule has 2 aromatic carbocycles. The highest BCUT2D eigenvalue weighted by atomic mass is 35.5. The lowest BCUT2D eigenvalue weighted by Crippen LogP contribution is -2.48. The van der Waals surface area contributed by atoms with Crippen LogP contribution in [-0.4, -0.2) is 23.5 Å². The van der Waals surface area contributed by atoms with Crippen molar-refractivity contribution in [3.63, 3.8) is 0 Å². The number of hydrogen-bond acceptors (Lipinski definition) is 3. The summed E-state index contributed by atoms with van der Waals surface area (Å²) in [6.45, 7) is 1.15. The first kappa shape index (κ1) is 19.1. The molecule has 2 aliphatic heterocycles. The molecule has 1 N–H and O–H groups in total. The summed E-state index contributed by atoms with van der Waals surface area (Å²) in [6, 6.07) is 18.8. The van der Waals surface area contributed by atoms with Crippen molar-refractivity contribution in [1.29, 1.82) is 0 Å². The van der Waals surface area contributed by atoms with Crippen LogP contribution in [0, 0.1) is 11.8 Å². The van der Waals surface area contributed by atoms with Gasteiger partial charge in [0.25, 0.3) is 0 Å². The van der Waals surface area contributed by atoms with Gasteiger partial charge in [0, 0.05) is 34.6 Å². The number of aromatic nitrogens is 1. The van der Waals surface area contributed by atoms with Gasteiger partial charge in [-0.3, -0.25) is 4.79 Å². The van der Waals surface area contributed by atoms with Gasteiger partial charge in [-0.25, -0.2) is 4.98 Å². The molecule has 3 aromatic rings. The predicted molar refractivity (Wildman–Crippen MR) is 126 cm³/mol. The highest BCUT2D eigenvalue weighted by Crippen LogP contribution is 2.48. The largest absolute Gasteiger partial charge is 0.353 e. The molecule has 4 fully saturated rings. The summed E-state index contributed by atoms with van der Waals surface area (Å²) in [6.07, 6.45) is 6.24. The number of carbonyl (C=O) groups is 1. The number of halogens is 1. The Morgan fingerprint density at radius 3 is 2.55 bits per heavy atom. The molecule has 4 nitrogen and oxygen atoms in total. The predicted octanol–water partition coefficient (Wildman–Crippen LogP) is 6.01. The number of hydrogen-bond donors (Lipinski definition) is 1. The smallest absolute Gasteiger partial charge is 0.228 e. The fourth-order valence-electron chi connectivity index (χ4n) is 5.50. The second kappa shape index (κ2) is 7.52. The number of piperidine rings is 2. The van der Waals surface area contributed by atoms with E-state index >= 15 is 0 Å². The molecule has 0 spiro atoms. The summed E-state index contributed by atoms with van der Waals surface area (Å²) in [5, 5.41) is 4.90. The van der Waals surface area contributed by atoms with Crippen LogP contribution in [0.15, 0.2) is 54.6 Å². The Labute approximate surface area is 187 Å². The third kappa shape index (κ3) is 3.67. The summed E-state index contributed by atoms with van der Waals surface area (Å²) in [7, 11) is 0. The molecule has 2 saturated carbocycles. The topological polar surface area (TPSA) is 45.2 Å². The zero-order valence-electron chi connectivity index (χ0n) is 17.4. The minimum Gasteiger partial charge on any atom is -0.353 e. The Hall–Kier alpha value is -2.59. The van der Waals surface area contributed by atoms with Gasteiger partial charge in [-0.05, 0) is 92.0 Å². The number of amides is 1. The van der Waals surface area contributed by atoms with Gasteiger partial charge < -0.3 is 10.2 Å². The number of anilines is 2. The van der Waals surface area contributed by atoms with Crippen molar-refractivity contribution in [2.45, 2.75) is 44.1 Å². The fraction of sp³-hybridized carbons (Fsp3) is 0.385.